The highest BCUT2D eigenvalue weighted by Crippen LogP contribution is 2.43. The summed E-state index contributed by atoms with van der Waals surface area (Å²) < 4.78 is 6.33. The van der Waals surface area contributed by atoms with Crippen molar-refractivity contribution in [3.8, 4) is 11.3 Å². The molecule has 1 N–H and O–H groups in total. The lowest BCUT2D eigenvalue weighted by atomic mass is 10.0. The number of halogens is 2. The SMILES string of the molecule is S=C1N[C@H](c2ccccn2)[C@@H](c2ccc(-c3ccc(Cl)cc3)o2)N1c1ccc(Cl)cc1. The summed E-state index contributed by atoms with van der Waals surface area (Å²) in [7, 11) is 0. The fraction of sp³-hybridized carbons (Fsp3) is 0.0833. The van der Waals surface area contributed by atoms with Gasteiger partial charge in [-0.3, -0.25) is 4.98 Å². The zero-order valence-electron chi connectivity index (χ0n) is 16.2. The van der Waals surface area contributed by atoms with E-state index in [0.717, 1.165) is 28.5 Å². The number of hydrogen-bond acceptors (Lipinski definition) is 3. The molecule has 0 bridgehead atoms. The standard InChI is InChI=1S/C24H17Cl2N3OS/c25-16-6-4-15(5-7-16)20-12-13-21(30-20)23-22(19-3-1-2-14-27-19)28-24(31)29(23)18-10-8-17(26)9-11-18/h1-14,22-23H,(H,28,31)/t22-,23-/m1/s1. The van der Waals surface area contributed by atoms with Gasteiger partial charge in [-0.1, -0.05) is 29.3 Å². The van der Waals surface area contributed by atoms with Crippen molar-refractivity contribution in [3.05, 3.63) is 107 Å². The first kappa shape index (κ1) is 20.1. The lowest BCUT2D eigenvalue weighted by molar-refractivity contribution is 0.439. The molecule has 1 aliphatic heterocycles. The molecule has 2 aromatic carbocycles. The number of hydrogen-bond donors (Lipinski definition) is 1. The molecule has 2 aromatic heterocycles. The Balaban J connectivity index is 1.59. The van der Waals surface area contributed by atoms with Crippen LogP contribution in [-0.4, -0.2) is 10.1 Å². The molecule has 0 aliphatic carbocycles. The van der Waals surface area contributed by atoms with Crippen LogP contribution in [0.5, 0.6) is 0 Å². The van der Waals surface area contributed by atoms with Gasteiger partial charge in [0.2, 0.25) is 0 Å². The van der Waals surface area contributed by atoms with E-state index in [9.17, 15) is 0 Å². The molecule has 1 fully saturated rings. The van der Waals surface area contributed by atoms with Crippen LogP contribution >= 0.6 is 35.4 Å². The van der Waals surface area contributed by atoms with E-state index in [2.05, 4.69) is 15.2 Å². The quantitative estimate of drug-likeness (QED) is 0.334. The molecule has 0 radical (unpaired) electrons. The molecule has 0 saturated carbocycles. The summed E-state index contributed by atoms with van der Waals surface area (Å²) in [5.41, 5.74) is 2.77. The topological polar surface area (TPSA) is 41.3 Å². The number of benzene rings is 2. The van der Waals surface area contributed by atoms with Crippen molar-refractivity contribution in [2.24, 2.45) is 0 Å². The highest BCUT2D eigenvalue weighted by Gasteiger charge is 2.42. The molecule has 4 aromatic rings. The molecule has 0 amide bonds. The van der Waals surface area contributed by atoms with Gasteiger partial charge in [-0.25, -0.2) is 0 Å². The smallest absolute Gasteiger partial charge is 0.174 e. The maximum atomic E-state index is 6.33. The Morgan fingerprint density at radius 3 is 2.26 bits per heavy atom. The van der Waals surface area contributed by atoms with Crippen molar-refractivity contribution in [2.75, 3.05) is 4.90 Å². The lowest BCUT2D eigenvalue weighted by Crippen LogP contribution is -2.29. The van der Waals surface area contributed by atoms with Crippen molar-refractivity contribution in [2.45, 2.75) is 12.1 Å². The monoisotopic (exact) mass is 465 g/mol. The predicted molar refractivity (Wildman–Crippen MR) is 129 cm³/mol. The van der Waals surface area contributed by atoms with E-state index in [-0.39, 0.29) is 12.1 Å². The van der Waals surface area contributed by atoms with Gasteiger partial charge in [0.05, 0.1) is 11.7 Å². The Kier molecular flexibility index (Phi) is 5.40. The summed E-state index contributed by atoms with van der Waals surface area (Å²) in [5, 5.41) is 5.38. The van der Waals surface area contributed by atoms with Crippen molar-refractivity contribution < 1.29 is 4.42 Å². The highest BCUT2D eigenvalue weighted by molar-refractivity contribution is 7.80. The first-order chi connectivity index (χ1) is 15.1. The maximum absolute atomic E-state index is 6.33. The molecular formula is C24H17Cl2N3OS. The van der Waals surface area contributed by atoms with Gasteiger partial charge in [-0.15, -0.1) is 0 Å². The van der Waals surface area contributed by atoms with Crippen LogP contribution in [0.15, 0.2) is 89.5 Å². The molecule has 3 heterocycles. The van der Waals surface area contributed by atoms with Crippen LogP contribution in [0.3, 0.4) is 0 Å². The minimum absolute atomic E-state index is 0.173. The van der Waals surface area contributed by atoms with Gasteiger partial charge in [0.25, 0.3) is 0 Å². The molecule has 1 saturated heterocycles. The fourth-order valence-corrected chi connectivity index (χ4v) is 4.40. The summed E-state index contributed by atoms with van der Waals surface area (Å²) in [4.78, 5) is 6.61. The van der Waals surface area contributed by atoms with Crippen LogP contribution in [0.4, 0.5) is 5.69 Å². The van der Waals surface area contributed by atoms with Crippen LogP contribution < -0.4 is 10.2 Å². The molecule has 4 nitrogen and oxygen atoms in total. The molecule has 1 aliphatic rings. The Labute approximate surface area is 195 Å². The average molecular weight is 466 g/mol. The van der Waals surface area contributed by atoms with Gasteiger partial charge in [-0.2, -0.15) is 0 Å². The van der Waals surface area contributed by atoms with Gasteiger partial charge in [0, 0.05) is 27.5 Å². The minimum Gasteiger partial charge on any atom is -0.459 e. The van der Waals surface area contributed by atoms with Crippen LogP contribution in [0, 0.1) is 0 Å². The van der Waals surface area contributed by atoms with E-state index < -0.39 is 0 Å². The van der Waals surface area contributed by atoms with Crippen molar-refractivity contribution in [3.63, 3.8) is 0 Å². The Morgan fingerprint density at radius 1 is 0.871 bits per heavy atom. The molecule has 154 valence electrons. The lowest BCUT2D eigenvalue weighted by Gasteiger charge is -2.26. The number of nitrogens with zero attached hydrogens (tertiary/aromatic N) is 2. The van der Waals surface area contributed by atoms with E-state index in [4.69, 9.17) is 39.8 Å². The Bertz CT molecular complexity index is 1210. The summed E-state index contributed by atoms with van der Waals surface area (Å²) in [6, 6.07) is 24.6. The second kappa shape index (κ2) is 8.35. The maximum Gasteiger partial charge on any atom is 0.174 e. The van der Waals surface area contributed by atoms with E-state index in [1.807, 2.05) is 78.9 Å². The summed E-state index contributed by atoms with van der Waals surface area (Å²) in [6.45, 7) is 0. The van der Waals surface area contributed by atoms with Gasteiger partial charge in [-0.05, 0) is 85.0 Å². The number of thiocarbonyl (C=S) groups is 1. The zero-order chi connectivity index (χ0) is 21.4. The van der Waals surface area contributed by atoms with Gasteiger partial charge in [0.1, 0.15) is 17.6 Å². The van der Waals surface area contributed by atoms with Gasteiger partial charge in [0.15, 0.2) is 5.11 Å². The average Bonchev–Trinajstić information content (AvgIpc) is 3.40. The number of aromatic nitrogens is 1. The molecule has 7 heteroatoms. The third kappa shape index (κ3) is 3.92. The molecule has 0 unspecified atom stereocenters. The van der Waals surface area contributed by atoms with Crippen LogP contribution in [0.2, 0.25) is 10.0 Å². The second-order valence-corrected chi connectivity index (χ2v) is 8.44. The summed E-state index contributed by atoms with van der Waals surface area (Å²) in [6.07, 6.45) is 1.78. The number of anilines is 1. The first-order valence-electron chi connectivity index (χ1n) is 9.72. The molecule has 5 rings (SSSR count). The van der Waals surface area contributed by atoms with Crippen LogP contribution in [0.25, 0.3) is 11.3 Å². The minimum atomic E-state index is -0.218. The Hall–Kier alpha value is -2.86. The number of furan rings is 1. The summed E-state index contributed by atoms with van der Waals surface area (Å²) >= 11 is 17.9. The Morgan fingerprint density at radius 2 is 1.58 bits per heavy atom. The van der Waals surface area contributed by atoms with Gasteiger partial charge >= 0.3 is 0 Å². The third-order valence-electron chi connectivity index (χ3n) is 5.25. The van der Waals surface area contributed by atoms with Crippen molar-refractivity contribution >= 4 is 46.2 Å². The largest absolute Gasteiger partial charge is 0.459 e. The van der Waals surface area contributed by atoms with E-state index in [1.165, 1.54) is 0 Å². The highest BCUT2D eigenvalue weighted by atomic mass is 35.5. The first-order valence-corrected chi connectivity index (χ1v) is 10.9. The molecular weight excluding hydrogens is 449 g/mol. The van der Waals surface area contributed by atoms with E-state index >= 15 is 0 Å². The van der Waals surface area contributed by atoms with E-state index in [0.29, 0.717) is 15.2 Å². The molecule has 31 heavy (non-hydrogen) atoms. The second-order valence-electron chi connectivity index (χ2n) is 7.18. The van der Waals surface area contributed by atoms with Gasteiger partial charge < -0.3 is 14.6 Å². The van der Waals surface area contributed by atoms with Crippen LogP contribution in [-0.2, 0) is 0 Å². The molecule has 2 atom stereocenters. The number of nitrogens with one attached hydrogen (secondary N) is 1. The number of pyridine rings is 1. The van der Waals surface area contributed by atoms with Crippen molar-refractivity contribution in [1.82, 2.24) is 10.3 Å². The number of rotatable bonds is 4. The van der Waals surface area contributed by atoms with Crippen LogP contribution in [0.1, 0.15) is 23.5 Å². The zero-order valence-corrected chi connectivity index (χ0v) is 18.5. The van der Waals surface area contributed by atoms with E-state index in [1.54, 1.807) is 6.20 Å². The third-order valence-corrected chi connectivity index (χ3v) is 6.07. The molecule has 0 spiro atoms. The van der Waals surface area contributed by atoms with Crippen molar-refractivity contribution in [1.29, 1.82) is 0 Å². The summed E-state index contributed by atoms with van der Waals surface area (Å²) in [5.74, 6) is 1.54. The normalized spacial score (nSPS) is 18.3. The fourth-order valence-electron chi connectivity index (χ4n) is 3.80. The predicted octanol–water partition coefficient (Wildman–Crippen LogP) is 6.83.